The first-order chi connectivity index (χ1) is 34.7. The summed E-state index contributed by atoms with van der Waals surface area (Å²) < 4.78 is 13.3. The van der Waals surface area contributed by atoms with Crippen molar-refractivity contribution >= 4 is 93.0 Å². The Hall–Kier alpha value is -8.70. The zero-order chi connectivity index (χ0) is 45.9. The Morgan fingerprint density at radius 3 is 1.71 bits per heavy atom. The van der Waals surface area contributed by atoms with Crippen LogP contribution in [0.25, 0.3) is 138 Å². The molecule has 0 saturated heterocycles. The van der Waals surface area contributed by atoms with Crippen LogP contribution in [0.15, 0.2) is 229 Å². The minimum absolute atomic E-state index is 0.869. The average molecular weight is 911 g/mol. The van der Waals surface area contributed by atoms with Crippen molar-refractivity contribution in [3.05, 3.63) is 235 Å². The number of nitrogens with zero attached hydrogens (tertiary/aromatic N) is 2. The molecule has 70 heavy (non-hydrogen) atoms. The normalized spacial score (nSPS) is 12.7. The molecule has 4 heteroatoms. The molecule has 3 nitrogen and oxygen atoms in total. The average Bonchev–Trinajstić information content (AvgIpc) is 4.18. The third-order valence-electron chi connectivity index (χ3n) is 14.8. The number of hydrogen-bond acceptors (Lipinski definition) is 2. The molecule has 4 aromatic heterocycles. The molecule has 328 valence electrons. The summed E-state index contributed by atoms with van der Waals surface area (Å²) in [5, 5.41) is 8.53. The number of thiophene rings is 1. The number of furan rings is 1. The molecule has 15 rings (SSSR count). The van der Waals surface area contributed by atoms with E-state index in [1.165, 1.54) is 92.0 Å². The van der Waals surface area contributed by atoms with Gasteiger partial charge in [0.2, 0.25) is 0 Å². The fraction of sp³-hybridized carbons (Fsp3) is 0.0303. The van der Waals surface area contributed by atoms with Crippen LogP contribution in [0.3, 0.4) is 0 Å². The topological polar surface area (TPSA) is 23.0 Å². The monoisotopic (exact) mass is 910 g/mol. The first-order valence-electron chi connectivity index (χ1n) is 24.2. The van der Waals surface area contributed by atoms with Crippen LogP contribution in [0.4, 0.5) is 0 Å². The van der Waals surface area contributed by atoms with Crippen LogP contribution in [-0.2, 0) is 6.42 Å². The summed E-state index contributed by atoms with van der Waals surface area (Å²) in [6.45, 7) is 0. The van der Waals surface area contributed by atoms with Crippen molar-refractivity contribution in [1.29, 1.82) is 0 Å². The molecular weight excluding hydrogens is 869 g/mol. The molecule has 0 saturated carbocycles. The Labute approximate surface area is 408 Å². The number of para-hydroxylation sites is 5. The van der Waals surface area contributed by atoms with Crippen molar-refractivity contribution in [2.75, 3.05) is 0 Å². The van der Waals surface area contributed by atoms with Crippen molar-refractivity contribution in [2.24, 2.45) is 0 Å². The van der Waals surface area contributed by atoms with Gasteiger partial charge in [0.25, 0.3) is 0 Å². The molecule has 0 N–H and O–H groups in total. The second kappa shape index (κ2) is 15.4. The number of aromatic nitrogens is 2. The van der Waals surface area contributed by atoms with Crippen LogP contribution < -0.4 is 0 Å². The third-order valence-corrected chi connectivity index (χ3v) is 16.0. The van der Waals surface area contributed by atoms with E-state index in [-0.39, 0.29) is 0 Å². The second-order valence-corrected chi connectivity index (χ2v) is 19.7. The van der Waals surface area contributed by atoms with Gasteiger partial charge in [-0.25, -0.2) is 0 Å². The Balaban J connectivity index is 0.945. The Kier molecular flexibility index (Phi) is 8.65. The van der Waals surface area contributed by atoms with Gasteiger partial charge in [0.15, 0.2) is 0 Å². The Morgan fingerprint density at radius 2 is 0.957 bits per heavy atom. The summed E-state index contributed by atoms with van der Waals surface area (Å²) in [6.07, 6.45) is 6.79. The lowest BCUT2D eigenvalue weighted by Gasteiger charge is -2.15. The van der Waals surface area contributed by atoms with Gasteiger partial charge in [-0.15, -0.1) is 11.3 Å². The van der Waals surface area contributed by atoms with E-state index in [0.717, 1.165) is 62.8 Å². The van der Waals surface area contributed by atoms with E-state index >= 15 is 0 Å². The van der Waals surface area contributed by atoms with E-state index in [0.29, 0.717) is 0 Å². The Bertz CT molecular complexity index is 4430. The number of fused-ring (bicyclic) bond motifs is 12. The second-order valence-electron chi connectivity index (χ2n) is 18.7. The van der Waals surface area contributed by atoms with Gasteiger partial charge in [-0.05, 0) is 148 Å². The van der Waals surface area contributed by atoms with Crippen LogP contribution in [0.5, 0.6) is 0 Å². The summed E-state index contributed by atoms with van der Waals surface area (Å²) in [7, 11) is 0. The molecule has 0 unspecified atom stereocenters. The van der Waals surface area contributed by atoms with Gasteiger partial charge >= 0.3 is 0 Å². The van der Waals surface area contributed by atoms with Gasteiger partial charge in [0.1, 0.15) is 11.2 Å². The molecular formula is C66H42N2OS. The molecule has 4 heterocycles. The molecule has 0 radical (unpaired) electrons. The standard InChI is InChI=1S/C66H42N2OS/c1-2-16-45(17-3-1)67-58-25-11-8-22-50(58)53-37-42(30-33-62(53)67)46-18-4-5-19-47(46)43-31-34-63-54(38-43)57-40-44(41-32-35-65-55(36-41)52-24-10-15-29-64(52)70-65)39-56(66(57)69-63)51-23-9-14-28-61(51)68-59-26-12-6-20-48(59)49-21-7-13-27-60(49)68/h1-9,11-23,25-40H,10,24H2. The number of aryl methyl sites for hydroxylation is 1. The van der Waals surface area contributed by atoms with E-state index in [1.54, 1.807) is 0 Å². The molecule has 0 atom stereocenters. The fourth-order valence-electron chi connectivity index (χ4n) is 11.6. The van der Waals surface area contributed by atoms with Gasteiger partial charge in [-0.1, -0.05) is 140 Å². The van der Waals surface area contributed by atoms with Crippen LogP contribution in [-0.4, -0.2) is 9.13 Å². The molecule has 0 spiro atoms. The van der Waals surface area contributed by atoms with Gasteiger partial charge in [0, 0.05) is 58.7 Å². The van der Waals surface area contributed by atoms with Gasteiger partial charge in [0.05, 0.1) is 27.8 Å². The van der Waals surface area contributed by atoms with Crippen LogP contribution in [0.2, 0.25) is 0 Å². The van der Waals surface area contributed by atoms with Gasteiger partial charge in [-0.3, -0.25) is 0 Å². The number of benzene rings is 10. The maximum atomic E-state index is 7.12. The van der Waals surface area contributed by atoms with E-state index in [9.17, 15) is 0 Å². The van der Waals surface area contributed by atoms with Gasteiger partial charge < -0.3 is 13.6 Å². The molecule has 0 fully saturated rings. The van der Waals surface area contributed by atoms with Gasteiger partial charge in [-0.2, -0.15) is 0 Å². The molecule has 1 aliphatic rings. The van der Waals surface area contributed by atoms with Crippen molar-refractivity contribution in [3.8, 4) is 55.9 Å². The molecule has 0 bridgehead atoms. The summed E-state index contributed by atoms with van der Waals surface area (Å²) in [4.78, 5) is 1.39. The van der Waals surface area contributed by atoms with E-state index in [4.69, 9.17) is 4.42 Å². The minimum atomic E-state index is 0.869. The molecule has 10 aromatic carbocycles. The highest BCUT2D eigenvalue weighted by molar-refractivity contribution is 7.20. The first kappa shape index (κ1) is 39.3. The van der Waals surface area contributed by atoms with Crippen LogP contribution in [0, 0.1) is 0 Å². The predicted molar refractivity (Wildman–Crippen MR) is 297 cm³/mol. The lowest BCUT2D eigenvalue weighted by Crippen LogP contribution is -1.97. The maximum absolute atomic E-state index is 7.12. The number of hydrogen-bond donors (Lipinski definition) is 0. The SMILES string of the molecule is C1=Cc2sc3ccc(-c4cc(-c5ccccc5-n5c6ccccc6c6ccccc65)c5oc6ccc(-c7ccccc7-c7ccc8c(c7)c7ccccc7n8-c7ccccc7)cc6c5c4)cc3c2CC1. The van der Waals surface area contributed by atoms with Crippen LogP contribution >= 0.6 is 11.3 Å². The quantitative estimate of drug-likeness (QED) is 0.163. The molecule has 0 amide bonds. The zero-order valence-electron chi connectivity index (χ0n) is 38.1. The summed E-state index contributed by atoms with van der Waals surface area (Å²) >= 11 is 1.91. The van der Waals surface area contributed by atoms with Crippen molar-refractivity contribution in [1.82, 2.24) is 9.13 Å². The fourth-order valence-corrected chi connectivity index (χ4v) is 12.8. The highest BCUT2D eigenvalue weighted by atomic mass is 32.1. The van der Waals surface area contributed by atoms with E-state index in [1.807, 2.05) is 11.3 Å². The predicted octanol–water partition coefficient (Wildman–Crippen LogP) is 18.6. The van der Waals surface area contributed by atoms with Crippen LogP contribution in [0.1, 0.15) is 16.9 Å². The smallest absolute Gasteiger partial charge is 0.143 e. The number of rotatable bonds is 6. The number of allylic oxidation sites excluding steroid dienone is 1. The Morgan fingerprint density at radius 1 is 0.386 bits per heavy atom. The van der Waals surface area contributed by atoms with E-state index < -0.39 is 0 Å². The van der Waals surface area contributed by atoms with Crippen molar-refractivity contribution in [3.63, 3.8) is 0 Å². The summed E-state index contributed by atoms with van der Waals surface area (Å²) in [5.74, 6) is 0. The molecule has 0 aliphatic heterocycles. The minimum Gasteiger partial charge on any atom is -0.455 e. The largest absolute Gasteiger partial charge is 0.455 e. The van der Waals surface area contributed by atoms with Crippen molar-refractivity contribution < 1.29 is 4.42 Å². The third kappa shape index (κ3) is 5.93. The molecule has 1 aliphatic carbocycles. The lowest BCUT2D eigenvalue weighted by molar-refractivity contribution is 0.670. The highest BCUT2D eigenvalue weighted by Crippen LogP contribution is 2.46. The van der Waals surface area contributed by atoms with Crippen molar-refractivity contribution in [2.45, 2.75) is 12.8 Å². The zero-order valence-corrected chi connectivity index (χ0v) is 38.9. The molecule has 14 aromatic rings. The summed E-state index contributed by atoms with van der Waals surface area (Å²) in [5.41, 5.74) is 19.5. The summed E-state index contributed by atoms with van der Waals surface area (Å²) in [6, 6.07) is 80.2. The lowest BCUT2D eigenvalue weighted by atomic mass is 9.91. The van der Waals surface area contributed by atoms with E-state index in [2.05, 4.69) is 240 Å². The first-order valence-corrected chi connectivity index (χ1v) is 25.0. The highest BCUT2D eigenvalue weighted by Gasteiger charge is 2.23. The maximum Gasteiger partial charge on any atom is 0.143 e.